The first-order valence-electron chi connectivity index (χ1n) is 13.0. The number of aryl methyl sites for hydroxylation is 1. The number of ether oxygens (including phenoxy) is 1. The summed E-state index contributed by atoms with van der Waals surface area (Å²) in [5.74, 6) is -3.69. The van der Waals surface area contributed by atoms with Crippen molar-refractivity contribution in [2.24, 2.45) is 11.8 Å². The van der Waals surface area contributed by atoms with Crippen LogP contribution < -0.4 is 5.32 Å². The molecule has 2 aliphatic rings. The van der Waals surface area contributed by atoms with Crippen LogP contribution in [0.15, 0.2) is 30.5 Å². The fourth-order valence-electron chi connectivity index (χ4n) is 5.52. The number of morpholine rings is 1. The number of likely N-dealkylation sites (N-methyl/N-ethyl adjacent to an activating group) is 1. The summed E-state index contributed by atoms with van der Waals surface area (Å²) in [6, 6.07) is 6.02. The Morgan fingerprint density at radius 2 is 1.82 bits per heavy atom. The van der Waals surface area contributed by atoms with Crippen molar-refractivity contribution in [3.8, 4) is 11.3 Å². The number of benzene rings is 1. The number of aromatic nitrogens is 2. The van der Waals surface area contributed by atoms with Gasteiger partial charge in [0, 0.05) is 37.3 Å². The van der Waals surface area contributed by atoms with E-state index in [2.05, 4.69) is 15.2 Å². The molecule has 1 atom stereocenters. The van der Waals surface area contributed by atoms with Gasteiger partial charge in [-0.25, -0.2) is 13.8 Å². The van der Waals surface area contributed by atoms with Crippen molar-refractivity contribution < 1.29 is 28.2 Å². The van der Waals surface area contributed by atoms with E-state index in [0.29, 0.717) is 56.6 Å². The van der Waals surface area contributed by atoms with Gasteiger partial charge in [0.1, 0.15) is 17.3 Å². The lowest BCUT2D eigenvalue weighted by Crippen LogP contribution is -2.41. The third-order valence-corrected chi connectivity index (χ3v) is 7.64. The van der Waals surface area contributed by atoms with E-state index < -0.39 is 29.4 Å². The monoisotopic (exact) mass is 526 g/mol. The van der Waals surface area contributed by atoms with Crippen LogP contribution in [0, 0.1) is 30.4 Å². The highest BCUT2D eigenvalue weighted by Gasteiger charge is 2.31. The van der Waals surface area contributed by atoms with Crippen molar-refractivity contribution in [2.45, 2.75) is 45.1 Å². The molecule has 38 heavy (non-hydrogen) atoms. The molecular formula is C28H32F2N4O4. The number of pyridine rings is 1. The maximum atomic E-state index is 15.5. The summed E-state index contributed by atoms with van der Waals surface area (Å²) >= 11 is 0. The lowest BCUT2D eigenvalue weighted by molar-refractivity contribution is -0.143. The molecule has 1 aliphatic carbocycles. The minimum atomic E-state index is -0.855. The first-order valence-corrected chi connectivity index (χ1v) is 13.0. The molecule has 8 nitrogen and oxygen atoms in total. The summed E-state index contributed by atoms with van der Waals surface area (Å²) in [4.78, 5) is 30.7. The number of aliphatic carboxylic acids is 1. The number of amides is 1. The van der Waals surface area contributed by atoms with Crippen molar-refractivity contribution in [3.63, 3.8) is 0 Å². The van der Waals surface area contributed by atoms with Crippen LogP contribution in [0.1, 0.15) is 36.9 Å². The van der Waals surface area contributed by atoms with Crippen LogP contribution >= 0.6 is 0 Å². The SMILES string of the molecule is Cc1ccn2c(CC3CN(C)CCO3)c(-c3c(F)cc(NC(=O)C4CCC(C(=O)O)CC4)cc3F)nc2c1. The van der Waals surface area contributed by atoms with Crippen molar-refractivity contribution in [3.05, 3.63) is 53.4 Å². The molecule has 2 fully saturated rings. The number of anilines is 1. The van der Waals surface area contributed by atoms with E-state index in [-0.39, 0.29) is 29.0 Å². The Kier molecular flexibility index (Phi) is 7.45. The molecule has 1 aromatic carbocycles. The molecule has 1 saturated carbocycles. The molecule has 2 aromatic heterocycles. The number of carboxylic acids is 1. The Balaban J connectivity index is 1.42. The fraction of sp³-hybridized carbons (Fsp3) is 0.464. The maximum Gasteiger partial charge on any atom is 0.306 e. The summed E-state index contributed by atoms with van der Waals surface area (Å²) in [6.45, 7) is 4.04. The normalized spacial score (nSPS) is 22.5. The molecule has 5 rings (SSSR count). The highest BCUT2D eigenvalue weighted by atomic mass is 19.1. The number of imidazole rings is 1. The molecule has 0 spiro atoms. The number of carbonyl (C=O) groups is 2. The molecule has 3 aromatic rings. The van der Waals surface area contributed by atoms with Crippen LogP contribution in [-0.4, -0.2) is 64.1 Å². The van der Waals surface area contributed by atoms with E-state index in [9.17, 15) is 9.59 Å². The second kappa shape index (κ2) is 10.8. The molecule has 1 amide bonds. The van der Waals surface area contributed by atoms with Crippen LogP contribution in [0.2, 0.25) is 0 Å². The van der Waals surface area contributed by atoms with Gasteiger partial charge in [-0.15, -0.1) is 0 Å². The van der Waals surface area contributed by atoms with Gasteiger partial charge in [0.25, 0.3) is 0 Å². The first kappa shape index (κ1) is 26.2. The largest absolute Gasteiger partial charge is 0.481 e. The number of fused-ring (bicyclic) bond motifs is 1. The minimum absolute atomic E-state index is 0.0208. The Labute approximate surface area is 219 Å². The third-order valence-electron chi connectivity index (χ3n) is 7.64. The average Bonchev–Trinajstić information content (AvgIpc) is 3.20. The van der Waals surface area contributed by atoms with E-state index in [0.717, 1.165) is 24.2 Å². The number of nitrogens with zero attached hydrogens (tertiary/aromatic N) is 3. The van der Waals surface area contributed by atoms with Crippen molar-refractivity contribution in [1.29, 1.82) is 0 Å². The number of hydrogen-bond donors (Lipinski definition) is 2. The molecule has 2 N–H and O–H groups in total. The molecule has 1 saturated heterocycles. The lowest BCUT2D eigenvalue weighted by atomic mass is 9.81. The topological polar surface area (TPSA) is 96.2 Å². The number of rotatable bonds is 6. The van der Waals surface area contributed by atoms with Gasteiger partial charge in [0.05, 0.1) is 35.6 Å². The molecule has 3 heterocycles. The van der Waals surface area contributed by atoms with Gasteiger partial charge in [-0.3, -0.25) is 9.59 Å². The Morgan fingerprint density at radius 3 is 2.47 bits per heavy atom. The smallest absolute Gasteiger partial charge is 0.306 e. The number of halogens is 2. The van der Waals surface area contributed by atoms with Crippen LogP contribution in [0.5, 0.6) is 0 Å². The molecule has 0 bridgehead atoms. The summed E-state index contributed by atoms with van der Waals surface area (Å²) in [5, 5.41) is 11.8. The van der Waals surface area contributed by atoms with Gasteiger partial charge in [0.15, 0.2) is 0 Å². The maximum absolute atomic E-state index is 15.5. The number of carbonyl (C=O) groups excluding carboxylic acids is 1. The second-order valence-electron chi connectivity index (χ2n) is 10.5. The summed E-state index contributed by atoms with van der Waals surface area (Å²) in [7, 11) is 2.01. The predicted octanol–water partition coefficient (Wildman–Crippen LogP) is 4.29. The van der Waals surface area contributed by atoms with Gasteiger partial charge < -0.3 is 24.5 Å². The summed E-state index contributed by atoms with van der Waals surface area (Å²) < 4.78 is 38.8. The van der Waals surface area contributed by atoms with Crippen molar-refractivity contribution in [2.75, 3.05) is 32.1 Å². The lowest BCUT2D eigenvalue weighted by Gasteiger charge is -2.30. The highest BCUT2D eigenvalue weighted by Crippen LogP contribution is 2.34. The average molecular weight is 527 g/mol. The zero-order valence-electron chi connectivity index (χ0n) is 21.5. The van der Waals surface area contributed by atoms with Gasteiger partial charge in [0.2, 0.25) is 5.91 Å². The highest BCUT2D eigenvalue weighted by molar-refractivity contribution is 5.93. The van der Waals surface area contributed by atoms with Gasteiger partial charge in [-0.05, 0) is 69.5 Å². The summed E-state index contributed by atoms with van der Waals surface area (Å²) in [5.41, 5.74) is 2.22. The quantitative estimate of drug-likeness (QED) is 0.498. The van der Waals surface area contributed by atoms with E-state index >= 15 is 8.78 Å². The third kappa shape index (κ3) is 5.42. The zero-order chi connectivity index (χ0) is 27.0. The summed E-state index contributed by atoms with van der Waals surface area (Å²) in [6.07, 6.45) is 3.81. The van der Waals surface area contributed by atoms with E-state index in [4.69, 9.17) is 9.84 Å². The van der Waals surface area contributed by atoms with E-state index in [1.54, 1.807) is 0 Å². The van der Waals surface area contributed by atoms with Crippen LogP contribution in [-0.2, 0) is 20.7 Å². The van der Waals surface area contributed by atoms with Crippen molar-refractivity contribution in [1.82, 2.24) is 14.3 Å². The Bertz CT molecular complexity index is 1340. The molecule has 10 heteroatoms. The molecule has 1 unspecified atom stereocenters. The van der Waals surface area contributed by atoms with Gasteiger partial charge >= 0.3 is 5.97 Å². The molecule has 0 radical (unpaired) electrons. The van der Waals surface area contributed by atoms with Gasteiger partial charge in [-0.2, -0.15) is 0 Å². The van der Waals surface area contributed by atoms with Crippen LogP contribution in [0.25, 0.3) is 16.9 Å². The Morgan fingerprint density at radius 1 is 1.13 bits per heavy atom. The number of carboxylic acid groups (broad SMARTS) is 1. The predicted molar refractivity (Wildman–Crippen MR) is 138 cm³/mol. The molecule has 1 aliphatic heterocycles. The zero-order valence-corrected chi connectivity index (χ0v) is 21.5. The van der Waals surface area contributed by atoms with Crippen molar-refractivity contribution >= 4 is 23.2 Å². The van der Waals surface area contributed by atoms with E-state index in [1.165, 1.54) is 0 Å². The van der Waals surface area contributed by atoms with Crippen LogP contribution in [0.3, 0.4) is 0 Å². The first-order chi connectivity index (χ1) is 18.2. The minimum Gasteiger partial charge on any atom is -0.481 e. The van der Waals surface area contributed by atoms with Gasteiger partial charge in [-0.1, -0.05) is 0 Å². The standard InChI is InChI=1S/C28H32F2N4O4/c1-16-7-8-34-23(14-20-15-33(2)9-10-38-20)26(32-24(34)11-16)25-21(29)12-19(13-22(25)30)31-27(35)17-3-5-18(6-4-17)28(36)37/h7-8,11-13,17-18,20H,3-6,9-10,14-15H2,1-2H3,(H,31,35)(H,36,37). The Hall–Kier alpha value is -3.37. The number of hydrogen-bond acceptors (Lipinski definition) is 5. The molecular weight excluding hydrogens is 494 g/mol. The molecule has 202 valence electrons. The van der Waals surface area contributed by atoms with E-state index in [1.807, 2.05) is 36.7 Å². The number of nitrogens with one attached hydrogen (secondary N) is 1. The fourth-order valence-corrected chi connectivity index (χ4v) is 5.52. The second-order valence-corrected chi connectivity index (χ2v) is 10.5. The van der Waals surface area contributed by atoms with Crippen LogP contribution in [0.4, 0.5) is 14.5 Å².